The molecule has 0 aliphatic rings. The van der Waals surface area contributed by atoms with Crippen LogP contribution in [0.2, 0.25) is 5.02 Å². The third-order valence-corrected chi connectivity index (χ3v) is 4.20. The van der Waals surface area contributed by atoms with Crippen molar-refractivity contribution in [3.05, 3.63) is 34.9 Å². The Balaban J connectivity index is 2.56. The van der Waals surface area contributed by atoms with Gasteiger partial charge in [0.25, 0.3) is 0 Å². The van der Waals surface area contributed by atoms with Gasteiger partial charge in [0, 0.05) is 17.3 Å². The van der Waals surface area contributed by atoms with E-state index in [1.165, 1.54) is 0 Å². The molecule has 1 aromatic carbocycles. The Kier molecular flexibility index (Phi) is 7.35. The molecule has 0 heterocycles. The molecule has 1 rings (SSSR count). The normalized spacial score (nSPS) is 15.1. The van der Waals surface area contributed by atoms with Gasteiger partial charge in [-0.3, -0.25) is 0 Å². The number of aliphatic hydroxyl groups is 1. The molecule has 2 unspecified atom stereocenters. The Morgan fingerprint density at radius 2 is 2.24 bits per heavy atom. The molecule has 3 N–H and O–H groups in total. The van der Waals surface area contributed by atoms with Gasteiger partial charge in [-0.15, -0.1) is 0 Å². The highest BCUT2D eigenvalue weighted by atomic mass is 35.5. The van der Waals surface area contributed by atoms with Gasteiger partial charge in [0.2, 0.25) is 0 Å². The highest BCUT2D eigenvalue weighted by Gasteiger charge is 2.21. The highest BCUT2D eigenvalue weighted by molar-refractivity contribution is 7.98. The zero-order valence-corrected chi connectivity index (χ0v) is 14.2. The van der Waals surface area contributed by atoms with Crippen molar-refractivity contribution in [1.29, 1.82) is 0 Å². The number of carbonyl (C=O) groups is 1. The summed E-state index contributed by atoms with van der Waals surface area (Å²) in [4.78, 5) is 11.9. The van der Waals surface area contributed by atoms with E-state index < -0.39 is 5.60 Å². The molecule has 2 amide bonds. The van der Waals surface area contributed by atoms with Crippen LogP contribution in [0, 0.1) is 0 Å². The Labute approximate surface area is 135 Å². The van der Waals surface area contributed by atoms with E-state index in [4.69, 9.17) is 11.6 Å². The highest BCUT2D eigenvalue weighted by Crippen LogP contribution is 2.20. The minimum absolute atomic E-state index is 0.103. The minimum atomic E-state index is -0.908. The molecule has 0 bridgehead atoms. The molecule has 0 aliphatic heterocycles. The van der Waals surface area contributed by atoms with E-state index in [1.807, 2.05) is 31.4 Å². The van der Waals surface area contributed by atoms with Crippen molar-refractivity contribution in [1.82, 2.24) is 10.6 Å². The Hall–Kier alpha value is -0.910. The van der Waals surface area contributed by atoms with Crippen LogP contribution in [-0.2, 0) is 0 Å². The summed E-state index contributed by atoms with van der Waals surface area (Å²) < 4.78 is 0. The molecule has 0 aromatic heterocycles. The third-order valence-electron chi connectivity index (χ3n) is 3.05. The smallest absolute Gasteiger partial charge is 0.315 e. The number of urea groups is 1. The Morgan fingerprint density at radius 3 is 2.81 bits per heavy atom. The molecule has 0 fully saturated rings. The van der Waals surface area contributed by atoms with Crippen molar-refractivity contribution in [2.75, 3.05) is 18.6 Å². The summed E-state index contributed by atoms with van der Waals surface area (Å²) in [5.41, 5.74) is 0.0603. The lowest BCUT2D eigenvalue weighted by Crippen LogP contribution is -2.46. The van der Waals surface area contributed by atoms with Crippen LogP contribution in [0.5, 0.6) is 0 Å². The lowest BCUT2D eigenvalue weighted by atomic mass is 10.1. The third kappa shape index (κ3) is 6.59. The molecule has 1 aromatic rings. The summed E-state index contributed by atoms with van der Waals surface area (Å²) in [5, 5.41) is 16.3. The Morgan fingerprint density at radius 1 is 1.52 bits per heavy atom. The zero-order valence-electron chi connectivity index (χ0n) is 12.6. The van der Waals surface area contributed by atoms with Gasteiger partial charge in [0.05, 0.1) is 11.6 Å². The minimum Gasteiger partial charge on any atom is -0.387 e. The quantitative estimate of drug-likeness (QED) is 0.719. The average Bonchev–Trinajstić information content (AvgIpc) is 2.42. The van der Waals surface area contributed by atoms with Crippen molar-refractivity contribution in [2.24, 2.45) is 0 Å². The van der Waals surface area contributed by atoms with E-state index in [1.54, 1.807) is 24.8 Å². The predicted molar refractivity (Wildman–Crippen MR) is 90.0 cm³/mol. The number of hydrogen-bond donors (Lipinski definition) is 3. The van der Waals surface area contributed by atoms with Crippen molar-refractivity contribution >= 4 is 29.4 Å². The summed E-state index contributed by atoms with van der Waals surface area (Å²) in [6, 6.07) is 7.06. The van der Waals surface area contributed by atoms with E-state index in [0.29, 0.717) is 10.8 Å². The van der Waals surface area contributed by atoms with E-state index in [2.05, 4.69) is 10.6 Å². The average molecular weight is 331 g/mol. The summed E-state index contributed by atoms with van der Waals surface area (Å²) >= 11 is 7.52. The molecule has 118 valence electrons. The van der Waals surface area contributed by atoms with Crippen molar-refractivity contribution in [3.63, 3.8) is 0 Å². The van der Waals surface area contributed by atoms with Crippen LogP contribution in [-0.4, -0.2) is 35.3 Å². The molecule has 0 radical (unpaired) electrons. The first-order chi connectivity index (χ1) is 9.88. The first-order valence-electron chi connectivity index (χ1n) is 6.89. The predicted octanol–water partition coefficient (Wildman–Crippen LogP) is 3.20. The largest absolute Gasteiger partial charge is 0.387 e. The van der Waals surface area contributed by atoms with Crippen LogP contribution in [0.25, 0.3) is 0 Å². The van der Waals surface area contributed by atoms with Crippen molar-refractivity contribution in [3.8, 4) is 0 Å². The number of rotatable bonds is 7. The van der Waals surface area contributed by atoms with Crippen LogP contribution in [0.15, 0.2) is 24.3 Å². The van der Waals surface area contributed by atoms with Crippen molar-refractivity contribution in [2.45, 2.75) is 31.9 Å². The number of halogens is 1. The van der Waals surface area contributed by atoms with Gasteiger partial charge in [-0.25, -0.2) is 4.79 Å². The maximum absolute atomic E-state index is 11.9. The van der Waals surface area contributed by atoms with Crippen LogP contribution in [0.1, 0.15) is 31.9 Å². The van der Waals surface area contributed by atoms with E-state index in [9.17, 15) is 9.90 Å². The maximum Gasteiger partial charge on any atom is 0.315 e. The fraction of sp³-hybridized carbons (Fsp3) is 0.533. The van der Waals surface area contributed by atoms with Gasteiger partial charge in [0.1, 0.15) is 0 Å². The molecule has 0 saturated heterocycles. The molecular weight excluding hydrogens is 308 g/mol. The van der Waals surface area contributed by atoms with Crippen molar-refractivity contribution < 1.29 is 9.90 Å². The number of hydrogen-bond acceptors (Lipinski definition) is 3. The summed E-state index contributed by atoms with van der Waals surface area (Å²) in [5.74, 6) is 0.568. The fourth-order valence-corrected chi connectivity index (χ4v) is 2.91. The lowest BCUT2D eigenvalue weighted by molar-refractivity contribution is 0.0868. The second-order valence-corrected chi connectivity index (χ2v) is 6.58. The topological polar surface area (TPSA) is 61.4 Å². The van der Waals surface area contributed by atoms with Gasteiger partial charge in [0.15, 0.2) is 0 Å². The molecular formula is C15H23ClN2O2S. The van der Waals surface area contributed by atoms with Gasteiger partial charge < -0.3 is 15.7 Å². The SMILES string of the molecule is CCC(NC(=O)NCC(C)(O)CSC)c1cccc(Cl)c1. The second kappa shape index (κ2) is 8.51. The molecule has 0 spiro atoms. The summed E-state index contributed by atoms with van der Waals surface area (Å²) in [6.45, 7) is 3.92. The maximum atomic E-state index is 11.9. The van der Waals surface area contributed by atoms with Gasteiger partial charge in [-0.05, 0) is 37.3 Å². The number of benzene rings is 1. The second-order valence-electron chi connectivity index (χ2n) is 5.27. The van der Waals surface area contributed by atoms with Crippen LogP contribution >= 0.6 is 23.4 Å². The molecule has 0 saturated carbocycles. The molecule has 6 heteroatoms. The van der Waals surface area contributed by atoms with Crippen LogP contribution in [0.4, 0.5) is 4.79 Å². The molecule has 2 atom stereocenters. The fourth-order valence-electron chi connectivity index (χ4n) is 1.99. The number of carbonyl (C=O) groups excluding carboxylic acids is 1. The standard InChI is InChI=1S/C15H23ClN2O2S/c1-4-13(11-6-5-7-12(16)8-11)18-14(19)17-9-15(2,20)10-21-3/h5-8,13,20H,4,9-10H2,1-3H3,(H2,17,18,19). The van der Waals surface area contributed by atoms with Gasteiger partial charge in [-0.1, -0.05) is 30.7 Å². The van der Waals surface area contributed by atoms with E-state index in [0.717, 1.165) is 12.0 Å². The van der Waals surface area contributed by atoms with E-state index >= 15 is 0 Å². The first-order valence-corrected chi connectivity index (χ1v) is 8.66. The molecule has 21 heavy (non-hydrogen) atoms. The molecule has 0 aliphatic carbocycles. The van der Waals surface area contributed by atoms with Gasteiger partial charge >= 0.3 is 6.03 Å². The van der Waals surface area contributed by atoms with Gasteiger partial charge in [-0.2, -0.15) is 11.8 Å². The monoisotopic (exact) mass is 330 g/mol. The summed E-state index contributed by atoms with van der Waals surface area (Å²) in [7, 11) is 0. The molecule has 4 nitrogen and oxygen atoms in total. The zero-order chi connectivity index (χ0) is 15.9. The van der Waals surface area contributed by atoms with Crippen LogP contribution in [0.3, 0.4) is 0 Å². The number of amides is 2. The Bertz CT molecular complexity index is 469. The first kappa shape index (κ1) is 18.1. The van der Waals surface area contributed by atoms with E-state index in [-0.39, 0.29) is 18.6 Å². The number of thioether (sulfide) groups is 1. The van der Waals surface area contributed by atoms with Crippen LogP contribution < -0.4 is 10.6 Å². The number of nitrogens with one attached hydrogen (secondary N) is 2. The summed E-state index contributed by atoms with van der Waals surface area (Å²) in [6.07, 6.45) is 2.68. The lowest BCUT2D eigenvalue weighted by Gasteiger charge is -2.24.